The number of hydrogen-bond donors (Lipinski definition) is 0. The van der Waals surface area contributed by atoms with Gasteiger partial charge in [-0.1, -0.05) is 84.9 Å². The minimum atomic E-state index is 1.26. The smallest absolute Gasteiger partial charge is 0.0489 e. The quantitative estimate of drug-likeness (QED) is 0.233. The highest BCUT2D eigenvalue weighted by molar-refractivity contribution is 14.1. The Morgan fingerprint density at radius 3 is 1.88 bits per heavy atom. The first-order valence-corrected chi connectivity index (χ1v) is 10.5. The highest BCUT2D eigenvalue weighted by Crippen LogP contribution is 2.41. The molecule has 5 aromatic rings. The summed E-state index contributed by atoms with van der Waals surface area (Å²) in [7, 11) is 0. The fourth-order valence-electron chi connectivity index (χ4n) is 3.49. The van der Waals surface area contributed by atoms with Gasteiger partial charge in [-0.3, -0.25) is 0 Å². The van der Waals surface area contributed by atoms with Crippen molar-refractivity contribution in [1.29, 1.82) is 0 Å². The first-order valence-electron chi connectivity index (χ1n) is 8.57. The van der Waals surface area contributed by atoms with E-state index in [-0.39, 0.29) is 0 Å². The normalized spacial score (nSPS) is 11.3. The third-order valence-electron chi connectivity index (χ3n) is 4.78. The van der Waals surface area contributed by atoms with Crippen molar-refractivity contribution in [3.05, 3.63) is 94.6 Å². The van der Waals surface area contributed by atoms with Crippen molar-refractivity contribution in [1.82, 2.24) is 0 Å². The Bertz CT molecular complexity index is 1220. The van der Waals surface area contributed by atoms with Crippen LogP contribution in [0.2, 0.25) is 0 Å². The molecule has 0 nitrogen and oxygen atoms in total. The lowest BCUT2D eigenvalue weighted by molar-refractivity contribution is 1.61. The molecule has 0 aliphatic heterocycles. The summed E-state index contributed by atoms with van der Waals surface area (Å²) in [6.45, 7) is 0. The van der Waals surface area contributed by atoms with Gasteiger partial charge in [0.2, 0.25) is 0 Å². The van der Waals surface area contributed by atoms with E-state index in [4.69, 9.17) is 0 Å². The zero-order valence-corrected chi connectivity index (χ0v) is 16.9. The third kappa shape index (κ3) is 2.65. The van der Waals surface area contributed by atoms with Gasteiger partial charge in [0, 0.05) is 23.7 Å². The molecule has 5 rings (SSSR count). The standard InChI is InChI=1S/C24H15IS/c25-22-11-5-10-21-20-9-4-8-19(23(20)26-24(21)22)18-14-12-17(13-15-18)16-6-2-1-3-7-16/h1-15H. The Morgan fingerprint density at radius 2 is 1.12 bits per heavy atom. The molecule has 26 heavy (non-hydrogen) atoms. The minimum Gasteiger partial charge on any atom is -0.133 e. The van der Waals surface area contributed by atoms with E-state index in [1.54, 1.807) is 0 Å². The summed E-state index contributed by atoms with van der Waals surface area (Å²) in [5.41, 5.74) is 5.11. The summed E-state index contributed by atoms with van der Waals surface area (Å²) in [5, 5.41) is 2.72. The highest BCUT2D eigenvalue weighted by Gasteiger charge is 2.11. The SMILES string of the molecule is Ic1cccc2c1sc1c(-c3ccc(-c4ccccc4)cc3)cccc12. The second-order valence-electron chi connectivity index (χ2n) is 6.34. The van der Waals surface area contributed by atoms with Crippen molar-refractivity contribution in [3.63, 3.8) is 0 Å². The molecule has 0 bridgehead atoms. The van der Waals surface area contributed by atoms with Crippen molar-refractivity contribution >= 4 is 54.1 Å². The summed E-state index contributed by atoms with van der Waals surface area (Å²) in [6, 6.07) is 32.7. The molecule has 0 fully saturated rings. The Morgan fingerprint density at radius 1 is 0.500 bits per heavy atom. The maximum atomic E-state index is 2.44. The van der Waals surface area contributed by atoms with E-state index >= 15 is 0 Å². The molecule has 0 spiro atoms. The molecule has 4 aromatic carbocycles. The first-order chi connectivity index (χ1) is 12.8. The highest BCUT2D eigenvalue weighted by atomic mass is 127. The molecule has 1 aromatic heterocycles. The van der Waals surface area contributed by atoms with Gasteiger partial charge in [-0.15, -0.1) is 11.3 Å². The number of thiophene rings is 1. The average Bonchev–Trinajstić information content (AvgIpc) is 3.09. The zero-order chi connectivity index (χ0) is 17.5. The van der Waals surface area contributed by atoms with Crippen LogP contribution >= 0.6 is 33.9 Å². The molecule has 124 valence electrons. The topological polar surface area (TPSA) is 0 Å². The van der Waals surface area contributed by atoms with Crippen LogP contribution in [0, 0.1) is 3.57 Å². The predicted octanol–water partition coefficient (Wildman–Crippen LogP) is 7.99. The number of benzene rings is 4. The second-order valence-corrected chi connectivity index (χ2v) is 8.53. The lowest BCUT2D eigenvalue weighted by atomic mass is 9.99. The molecule has 0 N–H and O–H groups in total. The molecule has 0 atom stereocenters. The molecular formula is C24H15IS. The van der Waals surface area contributed by atoms with Crippen LogP contribution in [0.25, 0.3) is 42.4 Å². The van der Waals surface area contributed by atoms with Gasteiger partial charge in [0.1, 0.15) is 0 Å². The zero-order valence-electron chi connectivity index (χ0n) is 13.9. The number of rotatable bonds is 2. The monoisotopic (exact) mass is 462 g/mol. The average molecular weight is 462 g/mol. The van der Waals surface area contributed by atoms with Gasteiger partial charge in [0.05, 0.1) is 0 Å². The lowest BCUT2D eigenvalue weighted by Gasteiger charge is -2.06. The van der Waals surface area contributed by atoms with E-state index in [2.05, 4.69) is 114 Å². The maximum absolute atomic E-state index is 2.44. The van der Waals surface area contributed by atoms with Crippen LogP contribution in [0.5, 0.6) is 0 Å². The Kier molecular flexibility index (Phi) is 4.03. The van der Waals surface area contributed by atoms with Crippen LogP contribution in [0.15, 0.2) is 91.0 Å². The maximum Gasteiger partial charge on any atom is 0.0489 e. The van der Waals surface area contributed by atoms with Gasteiger partial charge >= 0.3 is 0 Å². The molecule has 2 heteroatoms. The molecule has 0 saturated heterocycles. The minimum absolute atomic E-state index is 1.26. The summed E-state index contributed by atoms with van der Waals surface area (Å²) >= 11 is 4.34. The van der Waals surface area contributed by atoms with Gasteiger partial charge in [0.15, 0.2) is 0 Å². The van der Waals surface area contributed by atoms with Crippen LogP contribution in [-0.2, 0) is 0 Å². The van der Waals surface area contributed by atoms with E-state index in [0.29, 0.717) is 0 Å². The number of fused-ring (bicyclic) bond motifs is 3. The van der Waals surface area contributed by atoms with E-state index in [0.717, 1.165) is 0 Å². The van der Waals surface area contributed by atoms with Crippen molar-refractivity contribution in [2.45, 2.75) is 0 Å². The molecular weight excluding hydrogens is 447 g/mol. The van der Waals surface area contributed by atoms with Gasteiger partial charge in [-0.05, 0) is 50.9 Å². The van der Waals surface area contributed by atoms with Crippen LogP contribution in [0.1, 0.15) is 0 Å². The fourth-order valence-corrected chi connectivity index (χ4v) is 5.56. The summed E-state index contributed by atoms with van der Waals surface area (Å²) in [5.74, 6) is 0. The van der Waals surface area contributed by atoms with Crippen molar-refractivity contribution in [3.8, 4) is 22.3 Å². The van der Waals surface area contributed by atoms with E-state index in [1.807, 2.05) is 11.3 Å². The lowest BCUT2D eigenvalue weighted by Crippen LogP contribution is -1.80. The van der Waals surface area contributed by atoms with Gasteiger partial charge < -0.3 is 0 Å². The molecule has 0 saturated carbocycles. The molecule has 0 unspecified atom stereocenters. The van der Waals surface area contributed by atoms with Crippen molar-refractivity contribution in [2.24, 2.45) is 0 Å². The van der Waals surface area contributed by atoms with Crippen molar-refractivity contribution in [2.75, 3.05) is 0 Å². The fraction of sp³-hybridized carbons (Fsp3) is 0. The molecule has 0 amide bonds. The number of halogens is 1. The Hall–Kier alpha value is -2.17. The first kappa shape index (κ1) is 16.0. The van der Waals surface area contributed by atoms with Gasteiger partial charge in [-0.25, -0.2) is 0 Å². The summed E-state index contributed by atoms with van der Waals surface area (Å²) < 4.78 is 4.09. The largest absolute Gasteiger partial charge is 0.133 e. The summed E-state index contributed by atoms with van der Waals surface area (Å²) in [6.07, 6.45) is 0. The van der Waals surface area contributed by atoms with Crippen LogP contribution in [0.3, 0.4) is 0 Å². The van der Waals surface area contributed by atoms with E-state index in [9.17, 15) is 0 Å². The Labute approximate surface area is 170 Å². The third-order valence-corrected chi connectivity index (χ3v) is 7.33. The van der Waals surface area contributed by atoms with Crippen molar-refractivity contribution < 1.29 is 0 Å². The number of hydrogen-bond acceptors (Lipinski definition) is 1. The molecule has 1 heterocycles. The predicted molar refractivity (Wildman–Crippen MR) is 123 cm³/mol. The van der Waals surface area contributed by atoms with Crippen LogP contribution < -0.4 is 0 Å². The second kappa shape index (κ2) is 6.53. The Balaban J connectivity index is 1.67. The van der Waals surface area contributed by atoms with Gasteiger partial charge in [-0.2, -0.15) is 0 Å². The molecule has 0 aliphatic rings. The molecule has 0 aliphatic carbocycles. The van der Waals surface area contributed by atoms with Crippen LogP contribution in [0.4, 0.5) is 0 Å². The summed E-state index contributed by atoms with van der Waals surface area (Å²) in [4.78, 5) is 0. The van der Waals surface area contributed by atoms with Gasteiger partial charge in [0.25, 0.3) is 0 Å². The van der Waals surface area contributed by atoms with E-state index < -0.39 is 0 Å². The van der Waals surface area contributed by atoms with E-state index in [1.165, 1.54) is 46.0 Å². The van der Waals surface area contributed by atoms with Crippen LogP contribution in [-0.4, -0.2) is 0 Å². The molecule has 0 radical (unpaired) electrons.